The van der Waals surface area contributed by atoms with E-state index in [1.807, 2.05) is 0 Å². The first-order valence-corrected chi connectivity index (χ1v) is 16.0. The van der Waals surface area contributed by atoms with E-state index in [9.17, 15) is 25.2 Å². The number of unbranched alkanes of at least 4 members (excludes halogenated alkanes) is 18. The van der Waals surface area contributed by atoms with Crippen LogP contribution in [0.1, 0.15) is 142 Å². The second-order valence-corrected chi connectivity index (χ2v) is 12.6. The maximum absolute atomic E-state index is 10.7. The Kier molecular flexibility index (Phi) is 19.4. The van der Waals surface area contributed by atoms with Crippen molar-refractivity contribution in [3.63, 3.8) is 0 Å². The summed E-state index contributed by atoms with van der Waals surface area (Å²) in [5, 5.41) is 0. The summed E-state index contributed by atoms with van der Waals surface area (Å²) in [6.07, 6.45) is 29.0. The van der Waals surface area contributed by atoms with Crippen LogP contribution < -0.4 is 0 Å². The van der Waals surface area contributed by atoms with Gasteiger partial charge in [0, 0.05) is 0 Å². The van der Waals surface area contributed by atoms with Crippen LogP contribution in [0.2, 0.25) is 0 Å². The Hall–Kier alpha value is -0.0300. The van der Waals surface area contributed by atoms with Gasteiger partial charge in [-0.1, -0.05) is 117 Å². The monoisotopic (exact) mass is 527 g/mol. The van der Waals surface area contributed by atoms with Crippen molar-refractivity contribution in [2.75, 3.05) is 27.2 Å². The van der Waals surface area contributed by atoms with Crippen LogP contribution in [0.5, 0.6) is 0 Å². The van der Waals surface area contributed by atoms with Crippen LogP contribution in [-0.2, 0) is 0 Å². The molecule has 0 saturated heterocycles. The zero-order chi connectivity index (χ0) is 26.5. The van der Waals surface area contributed by atoms with Crippen LogP contribution in [-0.4, -0.2) is 31.7 Å². The molecule has 0 radical (unpaired) electrons. The number of nitrogens with zero attached hydrogens (tertiary/aromatic N) is 1. The molecule has 0 saturated carbocycles. The van der Waals surface area contributed by atoms with E-state index >= 15 is 0 Å². The van der Waals surface area contributed by atoms with Gasteiger partial charge in [0.25, 0.3) is 0 Å². The zero-order valence-electron chi connectivity index (χ0n) is 22.7. The fourth-order valence-corrected chi connectivity index (χ4v) is 4.17. The first-order valence-electron chi connectivity index (χ1n) is 14.0. The fourth-order valence-electron chi connectivity index (χ4n) is 4.17. The molecule has 0 bridgehead atoms. The van der Waals surface area contributed by atoms with Gasteiger partial charge in [-0.3, -0.25) is 0 Å². The van der Waals surface area contributed by atoms with E-state index in [4.69, 9.17) is 0 Å². The molecule has 0 aromatic heterocycles. The van der Waals surface area contributed by atoms with Gasteiger partial charge in [0.15, 0.2) is 0 Å². The van der Waals surface area contributed by atoms with Crippen molar-refractivity contribution in [3.8, 4) is 0 Å². The van der Waals surface area contributed by atoms with Gasteiger partial charge < -0.3 is 4.48 Å². The zero-order valence-corrected chi connectivity index (χ0v) is 23.6. The molecule has 0 atom stereocenters. The Labute approximate surface area is 207 Å². The summed E-state index contributed by atoms with van der Waals surface area (Å²) < 4.78 is 60.4. The van der Waals surface area contributed by atoms with Crippen LogP contribution in [0, 0.1) is 0 Å². The Balaban J connectivity index is 0. The van der Waals surface area contributed by atoms with Crippen LogP contribution in [0.15, 0.2) is 0 Å². The molecule has 0 unspecified atom stereocenters. The van der Waals surface area contributed by atoms with Gasteiger partial charge in [-0.05, 0) is 25.7 Å². The van der Waals surface area contributed by atoms with Crippen molar-refractivity contribution in [3.05, 3.63) is 0 Å². The van der Waals surface area contributed by atoms with Gasteiger partial charge in [-0.2, -0.15) is 0 Å². The maximum atomic E-state index is 9.87. The molecule has 8 heteroatoms. The van der Waals surface area contributed by atoms with Crippen molar-refractivity contribution in [1.29, 1.82) is 0 Å². The molecule has 0 aromatic rings. The molecule has 0 N–H and O–H groups in total. The van der Waals surface area contributed by atoms with E-state index in [0.717, 1.165) is 0 Å². The predicted octanol–water partition coefficient (Wildman–Crippen LogP) is 12.3. The van der Waals surface area contributed by atoms with Crippen molar-refractivity contribution < 1.29 is 29.7 Å². The second kappa shape index (κ2) is 18.3. The molecule has 0 aliphatic carbocycles. The molecular formula is C26H56F6NP. The summed E-state index contributed by atoms with van der Waals surface area (Å²) >= 11 is 0. The SMILES string of the molecule is CCCCCCCCCCCC[N+](C)(C)CCCCCCCCCCCC.F[P-](F)(F)(F)(F)F. The number of hydrogen-bond acceptors (Lipinski definition) is 0. The summed E-state index contributed by atoms with van der Waals surface area (Å²) in [6.45, 7) is 7.37. The van der Waals surface area contributed by atoms with Crippen molar-refractivity contribution in [1.82, 2.24) is 0 Å². The van der Waals surface area contributed by atoms with Gasteiger partial charge in [-0.25, -0.2) is 0 Å². The van der Waals surface area contributed by atoms with Gasteiger partial charge in [0.2, 0.25) is 0 Å². The first-order chi connectivity index (χ1) is 15.6. The summed E-state index contributed by atoms with van der Waals surface area (Å²) in [6, 6.07) is 0. The van der Waals surface area contributed by atoms with E-state index in [2.05, 4.69) is 27.9 Å². The third-order valence-electron chi connectivity index (χ3n) is 6.23. The summed E-state index contributed by atoms with van der Waals surface area (Å²) in [4.78, 5) is 0. The second-order valence-electron chi connectivity index (χ2n) is 10.7. The van der Waals surface area contributed by atoms with Crippen molar-refractivity contribution in [2.24, 2.45) is 0 Å². The molecule has 34 heavy (non-hydrogen) atoms. The quantitative estimate of drug-likeness (QED) is 0.0568. The van der Waals surface area contributed by atoms with Crippen LogP contribution in [0.3, 0.4) is 0 Å². The molecule has 0 aliphatic rings. The molecule has 0 fully saturated rings. The van der Waals surface area contributed by atoms with E-state index in [0.29, 0.717) is 0 Å². The average Bonchev–Trinajstić information content (AvgIpc) is 2.68. The third-order valence-corrected chi connectivity index (χ3v) is 6.23. The molecule has 212 valence electrons. The normalized spacial score (nSPS) is 14.3. The van der Waals surface area contributed by atoms with E-state index in [1.54, 1.807) is 0 Å². The summed E-state index contributed by atoms with van der Waals surface area (Å²) in [5.74, 6) is 0. The average molecular weight is 528 g/mol. The summed E-state index contributed by atoms with van der Waals surface area (Å²) in [7, 11) is -5.77. The third kappa shape index (κ3) is 45.5. The Morgan fingerprint density at radius 1 is 0.382 bits per heavy atom. The van der Waals surface area contributed by atoms with Crippen LogP contribution in [0.25, 0.3) is 0 Å². The predicted molar refractivity (Wildman–Crippen MR) is 139 cm³/mol. The van der Waals surface area contributed by atoms with E-state index in [1.165, 1.54) is 146 Å². The van der Waals surface area contributed by atoms with Crippen molar-refractivity contribution >= 4 is 7.81 Å². The molecule has 0 heterocycles. The Morgan fingerprint density at radius 2 is 0.559 bits per heavy atom. The number of quaternary nitrogens is 1. The Morgan fingerprint density at radius 3 is 0.765 bits per heavy atom. The molecule has 0 aliphatic heterocycles. The fraction of sp³-hybridized carbons (Fsp3) is 1.00. The Bertz CT molecular complexity index is 413. The molecule has 1 nitrogen and oxygen atoms in total. The van der Waals surface area contributed by atoms with Crippen molar-refractivity contribution in [2.45, 2.75) is 142 Å². The van der Waals surface area contributed by atoms with E-state index < -0.39 is 7.81 Å². The van der Waals surface area contributed by atoms with Gasteiger partial charge in [0.1, 0.15) is 0 Å². The van der Waals surface area contributed by atoms with Gasteiger partial charge >= 0.3 is 33.0 Å². The minimum absolute atomic E-state index is 1.24. The van der Waals surface area contributed by atoms with Gasteiger partial charge in [0.05, 0.1) is 27.2 Å². The standard InChI is InChI=1S/C26H56N.F6P/c1-5-7-9-11-13-15-17-19-21-23-25-27(3,4)26-24-22-20-18-16-14-12-10-8-6-2;1-7(2,3,4,5)6/h5-26H2,1-4H3;/q+1;-1. The first kappa shape index (κ1) is 36.1. The minimum atomic E-state index is -10.7. The van der Waals surface area contributed by atoms with Crippen LogP contribution >= 0.6 is 7.81 Å². The number of hydrogen-bond donors (Lipinski definition) is 0. The molecule has 0 aromatic carbocycles. The number of rotatable bonds is 22. The van der Waals surface area contributed by atoms with Gasteiger partial charge in [-0.15, -0.1) is 0 Å². The number of halogens is 6. The topological polar surface area (TPSA) is 0 Å². The molecule has 0 amide bonds. The van der Waals surface area contributed by atoms with E-state index in [-0.39, 0.29) is 0 Å². The molecular weight excluding hydrogens is 471 g/mol. The van der Waals surface area contributed by atoms with Crippen LogP contribution in [0.4, 0.5) is 25.2 Å². The molecule has 0 spiro atoms. The molecule has 0 rings (SSSR count). The summed E-state index contributed by atoms with van der Waals surface area (Å²) in [5.41, 5.74) is 0.